The van der Waals surface area contributed by atoms with Gasteiger partial charge in [-0.25, -0.2) is 4.39 Å². The molecule has 2 rings (SSSR count). The average Bonchev–Trinajstić information content (AvgIpc) is 2.60. The number of nitrogens with zero attached hydrogens (tertiary/aromatic N) is 2. The van der Waals surface area contributed by atoms with Crippen molar-refractivity contribution in [3.05, 3.63) is 30.1 Å². The van der Waals surface area contributed by atoms with Crippen LogP contribution in [0.2, 0.25) is 0 Å². The van der Waals surface area contributed by atoms with E-state index in [0.717, 1.165) is 37.6 Å². The molecule has 0 amide bonds. The standard InChI is InChI=1S/C20H33FN4O.HI/c1-20(2,3)18(26-5)14-23-19(22-4)24-16-9-11-25(12-10-16)17-8-6-7-15(21)13-17;/h6-8,13,16,18H,9-12,14H2,1-5H3,(H2,22,23,24);1H. The van der Waals surface area contributed by atoms with Crippen LogP contribution in [0.4, 0.5) is 10.1 Å². The summed E-state index contributed by atoms with van der Waals surface area (Å²) in [7, 11) is 3.53. The Balaban J connectivity index is 0.00000364. The van der Waals surface area contributed by atoms with Gasteiger partial charge in [-0.3, -0.25) is 4.99 Å². The van der Waals surface area contributed by atoms with Crippen molar-refractivity contribution in [3.8, 4) is 0 Å². The van der Waals surface area contributed by atoms with Gasteiger partial charge in [0.1, 0.15) is 5.82 Å². The summed E-state index contributed by atoms with van der Waals surface area (Å²) in [5, 5.41) is 6.88. The van der Waals surface area contributed by atoms with Gasteiger partial charge in [-0.2, -0.15) is 0 Å². The number of hydrogen-bond donors (Lipinski definition) is 2. The van der Waals surface area contributed by atoms with Crippen molar-refractivity contribution in [1.29, 1.82) is 0 Å². The molecule has 0 bridgehead atoms. The second kappa shape index (κ2) is 11.0. The molecule has 1 aromatic rings. The fourth-order valence-electron chi connectivity index (χ4n) is 3.28. The molecule has 5 nitrogen and oxygen atoms in total. The van der Waals surface area contributed by atoms with Crippen molar-refractivity contribution in [3.63, 3.8) is 0 Å². The molecule has 7 heteroatoms. The lowest BCUT2D eigenvalue weighted by Gasteiger charge is -2.35. The Kier molecular flexibility index (Phi) is 9.80. The lowest BCUT2D eigenvalue weighted by atomic mass is 9.89. The summed E-state index contributed by atoms with van der Waals surface area (Å²) in [5.74, 6) is 0.624. The second-order valence-electron chi connectivity index (χ2n) is 7.93. The molecule has 1 unspecified atom stereocenters. The van der Waals surface area contributed by atoms with Gasteiger partial charge in [0.15, 0.2) is 5.96 Å². The first-order valence-corrected chi connectivity index (χ1v) is 9.34. The van der Waals surface area contributed by atoms with Gasteiger partial charge in [-0.15, -0.1) is 24.0 Å². The molecule has 0 spiro atoms. The van der Waals surface area contributed by atoms with Gasteiger partial charge < -0.3 is 20.3 Å². The molecular weight excluding hydrogens is 458 g/mol. The van der Waals surface area contributed by atoms with Crippen molar-refractivity contribution in [2.24, 2.45) is 10.4 Å². The first-order chi connectivity index (χ1) is 12.3. The number of piperidine rings is 1. The molecular formula is C20H34FIN4O. The Bertz CT molecular complexity index is 598. The number of guanidine groups is 1. The summed E-state index contributed by atoms with van der Waals surface area (Å²) in [6.45, 7) is 9.02. The van der Waals surface area contributed by atoms with E-state index in [1.165, 1.54) is 6.07 Å². The molecule has 1 aliphatic heterocycles. The van der Waals surface area contributed by atoms with Crippen LogP contribution in [0.5, 0.6) is 0 Å². The first-order valence-electron chi connectivity index (χ1n) is 9.34. The van der Waals surface area contributed by atoms with Crippen LogP contribution in [0.1, 0.15) is 33.6 Å². The quantitative estimate of drug-likeness (QED) is 0.375. The van der Waals surface area contributed by atoms with E-state index in [0.29, 0.717) is 12.6 Å². The Morgan fingerprint density at radius 2 is 2.00 bits per heavy atom. The lowest BCUT2D eigenvalue weighted by molar-refractivity contribution is 0.0205. The monoisotopic (exact) mass is 492 g/mol. The summed E-state index contributed by atoms with van der Waals surface area (Å²) >= 11 is 0. The molecule has 0 aromatic heterocycles. The summed E-state index contributed by atoms with van der Waals surface area (Å²) in [6.07, 6.45) is 2.09. The molecule has 1 aromatic carbocycles. The second-order valence-corrected chi connectivity index (χ2v) is 7.93. The SMILES string of the molecule is CN=C(NCC(OC)C(C)(C)C)NC1CCN(c2cccc(F)c2)CC1.I. The molecule has 0 radical (unpaired) electrons. The van der Waals surface area contributed by atoms with Crippen LogP contribution >= 0.6 is 24.0 Å². The molecule has 0 aliphatic carbocycles. The zero-order chi connectivity index (χ0) is 19.2. The number of nitrogens with one attached hydrogen (secondary N) is 2. The third-order valence-electron chi connectivity index (χ3n) is 4.94. The summed E-state index contributed by atoms with van der Waals surface area (Å²) < 4.78 is 19.0. The molecule has 1 fully saturated rings. The van der Waals surface area contributed by atoms with Gasteiger partial charge in [0.2, 0.25) is 0 Å². The molecule has 154 valence electrons. The maximum Gasteiger partial charge on any atom is 0.191 e. The van der Waals surface area contributed by atoms with E-state index in [-0.39, 0.29) is 41.3 Å². The Hall–Kier alpha value is -1.09. The molecule has 1 heterocycles. The van der Waals surface area contributed by atoms with Crippen LogP contribution in [0.15, 0.2) is 29.3 Å². The van der Waals surface area contributed by atoms with Crippen molar-refractivity contribution >= 4 is 35.6 Å². The molecule has 27 heavy (non-hydrogen) atoms. The molecule has 2 N–H and O–H groups in total. The highest BCUT2D eigenvalue weighted by Crippen LogP contribution is 2.22. The largest absolute Gasteiger partial charge is 0.379 e. The third kappa shape index (κ3) is 7.44. The minimum absolute atomic E-state index is 0. The number of halogens is 2. The number of hydrogen-bond acceptors (Lipinski definition) is 3. The van der Waals surface area contributed by atoms with Crippen molar-refractivity contribution in [1.82, 2.24) is 10.6 Å². The number of anilines is 1. The van der Waals surface area contributed by atoms with Crippen molar-refractivity contribution in [2.45, 2.75) is 45.8 Å². The van der Waals surface area contributed by atoms with Gasteiger partial charge >= 0.3 is 0 Å². The average molecular weight is 492 g/mol. The Labute approximate surface area is 180 Å². The van der Waals surface area contributed by atoms with Gasteiger partial charge in [-0.1, -0.05) is 26.8 Å². The highest BCUT2D eigenvalue weighted by atomic mass is 127. The number of rotatable bonds is 5. The van der Waals surface area contributed by atoms with E-state index in [4.69, 9.17) is 4.74 Å². The van der Waals surface area contributed by atoms with E-state index < -0.39 is 0 Å². The van der Waals surface area contributed by atoms with Crippen molar-refractivity contribution < 1.29 is 9.13 Å². The van der Waals surface area contributed by atoms with Crippen molar-refractivity contribution in [2.75, 3.05) is 38.7 Å². The van der Waals surface area contributed by atoms with Crippen LogP contribution in [-0.4, -0.2) is 51.9 Å². The summed E-state index contributed by atoms with van der Waals surface area (Å²) in [4.78, 5) is 6.57. The van der Waals surface area contributed by atoms with E-state index in [1.807, 2.05) is 6.07 Å². The van der Waals surface area contributed by atoms with Gasteiger partial charge in [0.05, 0.1) is 6.10 Å². The Morgan fingerprint density at radius 1 is 1.33 bits per heavy atom. The highest BCUT2D eigenvalue weighted by Gasteiger charge is 2.25. The molecule has 0 saturated carbocycles. The first kappa shape index (κ1) is 23.9. The smallest absolute Gasteiger partial charge is 0.191 e. The summed E-state index contributed by atoms with van der Waals surface area (Å²) in [6, 6.07) is 7.18. The maximum atomic E-state index is 13.4. The molecule has 1 saturated heterocycles. The van der Waals surface area contributed by atoms with Crippen LogP contribution < -0.4 is 15.5 Å². The van der Waals surface area contributed by atoms with E-state index >= 15 is 0 Å². The topological polar surface area (TPSA) is 48.9 Å². The number of aliphatic imine (C=N–C) groups is 1. The van der Waals surface area contributed by atoms with Gasteiger partial charge in [0, 0.05) is 45.5 Å². The lowest BCUT2D eigenvalue weighted by Crippen LogP contribution is -2.51. The van der Waals surface area contributed by atoms with Crippen LogP contribution in [-0.2, 0) is 4.74 Å². The number of methoxy groups -OCH3 is 1. The van der Waals surface area contributed by atoms with Gasteiger partial charge in [-0.05, 0) is 36.5 Å². The van der Waals surface area contributed by atoms with E-state index in [1.54, 1.807) is 26.3 Å². The van der Waals surface area contributed by atoms with Gasteiger partial charge in [0.25, 0.3) is 0 Å². The summed E-state index contributed by atoms with van der Waals surface area (Å²) in [5.41, 5.74) is 1.02. The minimum Gasteiger partial charge on any atom is -0.379 e. The zero-order valence-electron chi connectivity index (χ0n) is 17.1. The number of benzene rings is 1. The van der Waals surface area contributed by atoms with Crippen LogP contribution in [0, 0.1) is 11.2 Å². The van der Waals surface area contributed by atoms with Crippen LogP contribution in [0.3, 0.4) is 0 Å². The maximum absolute atomic E-state index is 13.4. The van der Waals surface area contributed by atoms with E-state index in [2.05, 4.69) is 41.3 Å². The predicted molar refractivity (Wildman–Crippen MR) is 122 cm³/mol. The minimum atomic E-state index is -0.182. The normalized spacial score (nSPS) is 17.3. The third-order valence-corrected chi connectivity index (χ3v) is 4.94. The fourth-order valence-corrected chi connectivity index (χ4v) is 3.28. The fraction of sp³-hybridized carbons (Fsp3) is 0.650. The highest BCUT2D eigenvalue weighted by molar-refractivity contribution is 14.0. The van der Waals surface area contributed by atoms with Crippen LogP contribution in [0.25, 0.3) is 0 Å². The van der Waals surface area contributed by atoms with E-state index in [9.17, 15) is 4.39 Å². The number of ether oxygens (including phenoxy) is 1. The Morgan fingerprint density at radius 3 is 2.52 bits per heavy atom. The molecule has 1 aliphatic rings. The molecule has 1 atom stereocenters. The zero-order valence-corrected chi connectivity index (χ0v) is 19.4. The predicted octanol–water partition coefficient (Wildman–Crippen LogP) is 3.64.